The van der Waals surface area contributed by atoms with Crippen molar-refractivity contribution < 1.29 is 4.79 Å². The van der Waals surface area contributed by atoms with E-state index in [0.29, 0.717) is 6.54 Å². The molecule has 1 amide bonds. The molecule has 4 nitrogen and oxygen atoms in total. The van der Waals surface area contributed by atoms with Crippen molar-refractivity contribution in [2.24, 2.45) is 0 Å². The number of carbonyl (C=O) groups excluding carboxylic acids is 1. The van der Waals surface area contributed by atoms with Gasteiger partial charge in [0.15, 0.2) is 0 Å². The van der Waals surface area contributed by atoms with Crippen LogP contribution in [-0.4, -0.2) is 36.4 Å². The van der Waals surface area contributed by atoms with E-state index in [2.05, 4.69) is 27.3 Å². The molecule has 1 aromatic carbocycles. The Balaban J connectivity index is 1.92. The van der Waals surface area contributed by atoms with Crippen LogP contribution in [0.15, 0.2) is 60.9 Å². The predicted molar refractivity (Wildman–Crippen MR) is 89.2 cm³/mol. The molecule has 1 unspecified atom stereocenters. The zero-order valence-electron chi connectivity index (χ0n) is 12.9. The number of rotatable bonds is 6. The highest BCUT2D eigenvalue weighted by atomic mass is 16.1. The molecule has 0 aliphatic rings. The summed E-state index contributed by atoms with van der Waals surface area (Å²) in [5.41, 5.74) is 2.09. The van der Waals surface area contributed by atoms with Gasteiger partial charge >= 0.3 is 0 Å². The second-order valence-electron chi connectivity index (χ2n) is 5.25. The molecule has 2 rings (SSSR count). The van der Waals surface area contributed by atoms with Gasteiger partial charge in [-0.2, -0.15) is 0 Å². The number of carbonyl (C=O) groups is 1. The summed E-state index contributed by atoms with van der Waals surface area (Å²) < 4.78 is 0. The van der Waals surface area contributed by atoms with Crippen molar-refractivity contribution in [2.75, 3.05) is 20.6 Å². The topological polar surface area (TPSA) is 45.2 Å². The lowest BCUT2D eigenvalue weighted by atomic mass is 10.1. The number of likely N-dealkylation sites (N-methyl/N-ethyl adjacent to an activating group) is 1. The molecule has 0 aliphatic heterocycles. The monoisotopic (exact) mass is 295 g/mol. The Kier molecular flexibility index (Phi) is 5.86. The van der Waals surface area contributed by atoms with Crippen molar-refractivity contribution in [2.45, 2.75) is 6.04 Å². The van der Waals surface area contributed by atoms with E-state index in [1.165, 1.54) is 11.6 Å². The van der Waals surface area contributed by atoms with E-state index < -0.39 is 0 Å². The summed E-state index contributed by atoms with van der Waals surface area (Å²) in [4.78, 5) is 18.0. The number of aromatic nitrogens is 1. The van der Waals surface area contributed by atoms with Crippen LogP contribution in [0.4, 0.5) is 0 Å². The van der Waals surface area contributed by atoms with E-state index in [0.717, 1.165) is 5.56 Å². The Bertz CT molecular complexity index is 609. The van der Waals surface area contributed by atoms with E-state index in [1.54, 1.807) is 18.5 Å². The number of nitrogens with one attached hydrogen (secondary N) is 1. The second-order valence-corrected chi connectivity index (χ2v) is 5.25. The summed E-state index contributed by atoms with van der Waals surface area (Å²) in [6.45, 7) is 0.563. The van der Waals surface area contributed by atoms with Crippen LogP contribution in [0.2, 0.25) is 0 Å². The van der Waals surface area contributed by atoms with Gasteiger partial charge in [-0.15, -0.1) is 0 Å². The maximum Gasteiger partial charge on any atom is 0.244 e. The van der Waals surface area contributed by atoms with Gasteiger partial charge in [0.05, 0.1) is 6.04 Å². The average Bonchev–Trinajstić information content (AvgIpc) is 2.55. The van der Waals surface area contributed by atoms with Crippen molar-refractivity contribution in [1.82, 2.24) is 15.2 Å². The minimum absolute atomic E-state index is 0.105. The van der Waals surface area contributed by atoms with Gasteiger partial charge < -0.3 is 10.2 Å². The number of hydrogen-bond acceptors (Lipinski definition) is 3. The van der Waals surface area contributed by atoms with Crippen molar-refractivity contribution >= 4 is 12.0 Å². The van der Waals surface area contributed by atoms with Crippen LogP contribution < -0.4 is 5.32 Å². The fraction of sp³-hybridized carbons (Fsp3) is 0.222. The predicted octanol–water partition coefficient (Wildman–Crippen LogP) is 2.51. The molecule has 1 N–H and O–H groups in total. The molecule has 0 fully saturated rings. The molecule has 22 heavy (non-hydrogen) atoms. The minimum atomic E-state index is -0.105. The van der Waals surface area contributed by atoms with E-state index in [9.17, 15) is 4.79 Å². The lowest BCUT2D eigenvalue weighted by Gasteiger charge is -2.24. The SMILES string of the molecule is CN(C)C(CNC(=O)/C=C/c1cccnc1)c1ccccc1. The molecule has 2 aromatic rings. The maximum absolute atomic E-state index is 11.9. The fourth-order valence-corrected chi connectivity index (χ4v) is 2.18. The first-order chi connectivity index (χ1) is 10.7. The van der Waals surface area contributed by atoms with Gasteiger partial charge in [0, 0.05) is 25.0 Å². The highest BCUT2D eigenvalue weighted by molar-refractivity contribution is 5.91. The van der Waals surface area contributed by atoms with E-state index >= 15 is 0 Å². The summed E-state index contributed by atoms with van der Waals surface area (Å²) in [6.07, 6.45) is 6.72. The van der Waals surface area contributed by atoms with Crippen LogP contribution in [0.25, 0.3) is 6.08 Å². The smallest absolute Gasteiger partial charge is 0.244 e. The molecular formula is C18H21N3O. The Morgan fingerprint density at radius 3 is 2.64 bits per heavy atom. The van der Waals surface area contributed by atoms with Crippen LogP contribution >= 0.6 is 0 Å². The number of benzene rings is 1. The average molecular weight is 295 g/mol. The first-order valence-corrected chi connectivity index (χ1v) is 7.24. The molecule has 0 aliphatic carbocycles. The summed E-state index contributed by atoms with van der Waals surface area (Å²) in [5.74, 6) is -0.105. The van der Waals surface area contributed by atoms with Gasteiger partial charge in [0.1, 0.15) is 0 Å². The number of amides is 1. The molecule has 0 saturated carbocycles. The number of nitrogens with zero attached hydrogens (tertiary/aromatic N) is 2. The molecule has 1 aromatic heterocycles. The molecule has 1 heterocycles. The molecule has 0 bridgehead atoms. The molecule has 1 atom stereocenters. The number of pyridine rings is 1. The summed E-state index contributed by atoms with van der Waals surface area (Å²) >= 11 is 0. The first-order valence-electron chi connectivity index (χ1n) is 7.24. The Morgan fingerprint density at radius 1 is 1.23 bits per heavy atom. The number of hydrogen-bond donors (Lipinski definition) is 1. The standard InChI is InChI=1S/C18H21N3O/c1-21(2)17(16-8-4-3-5-9-16)14-20-18(22)11-10-15-7-6-12-19-13-15/h3-13,17H,14H2,1-2H3,(H,20,22)/b11-10+. The van der Waals surface area contributed by atoms with E-state index in [4.69, 9.17) is 0 Å². The summed E-state index contributed by atoms with van der Waals surface area (Å²) in [7, 11) is 4.02. The lowest BCUT2D eigenvalue weighted by Crippen LogP contribution is -2.33. The van der Waals surface area contributed by atoms with Gasteiger partial charge in [0.25, 0.3) is 0 Å². The normalized spacial score (nSPS) is 12.5. The highest BCUT2D eigenvalue weighted by Gasteiger charge is 2.13. The third kappa shape index (κ3) is 4.82. The van der Waals surface area contributed by atoms with Gasteiger partial charge in [-0.25, -0.2) is 0 Å². The van der Waals surface area contributed by atoms with Crippen molar-refractivity contribution in [3.63, 3.8) is 0 Å². The fourth-order valence-electron chi connectivity index (χ4n) is 2.18. The second kappa shape index (κ2) is 8.10. The Hall–Kier alpha value is -2.46. The Labute approximate surface area is 131 Å². The zero-order chi connectivity index (χ0) is 15.8. The molecule has 114 valence electrons. The summed E-state index contributed by atoms with van der Waals surface area (Å²) in [6, 6.07) is 14.1. The van der Waals surface area contributed by atoms with Crippen LogP contribution in [0.3, 0.4) is 0 Å². The maximum atomic E-state index is 11.9. The van der Waals surface area contributed by atoms with Crippen LogP contribution in [-0.2, 0) is 4.79 Å². The van der Waals surface area contributed by atoms with Gasteiger partial charge in [-0.3, -0.25) is 9.78 Å². The largest absolute Gasteiger partial charge is 0.351 e. The van der Waals surface area contributed by atoms with Crippen molar-refractivity contribution in [3.8, 4) is 0 Å². The quantitative estimate of drug-likeness (QED) is 0.833. The molecule has 4 heteroatoms. The van der Waals surface area contributed by atoms with Crippen LogP contribution in [0.5, 0.6) is 0 Å². The molecular weight excluding hydrogens is 274 g/mol. The molecule has 0 spiro atoms. The first kappa shape index (κ1) is 15.9. The zero-order valence-corrected chi connectivity index (χ0v) is 12.9. The van der Waals surface area contributed by atoms with E-state index in [-0.39, 0.29) is 11.9 Å². The third-order valence-electron chi connectivity index (χ3n) is 3.39. The lowest BCUT2D eigenvalue weighted by molar-refractivity contribution is -0.116. The third-order valence-corrected chi connectivity index (χ3v) is 3.39. The van der Waals surface area contributed by atoms with E-state index in [1.807, 2.05) is 44.4 Å². The van der Waals surface area contributed by atoms with Gasteiger partial charge in [0.2, 0.25) is 5.91 Å². The molecule has 0 radical (unpaired) electrons. The van der Waals surface area contributed by atoms with Gasteiger partial charge in [-0.05, 0) is 37.4 Å². The van der Waals surface area contributed by atoms with Crippen molar-refractivity contribution in [1.29, 1.82) is 0 Å². The summed E-state index contributed by atoms with van der Waals surface area (Å²) in [5, 5.41) is 2.95. The van der Waals surface area contributed by atoms with Gasteiger partial charge in [-0.1, -0.05) is 36.4 Å². The highest BCUT2D eigenvalue weighted by Crippen LogP contribution is 2.16. The molecule has 0 saturated heterocycles. The van der Waals surface area contributed by atoms with Crippen LogP contribution in [0, 0.1) is 0 Å². The van der Waals surface area contributed by atoms with Crippen molar-refractivity contribution in [3.05, 3.63) is 72.1 Å². The Morgan fingerprint density at radius 2 is 2.00 bits per heavy atom. The minimum Gasteiger partial charge on any atom is -0.351 e. The van der Waals surface area contributed by atoms with Crippen LogP contribution in [0.1, 0.15) is 17.2 Å².